The van der Waals surface area contributed by atoms with E-state index >= 15 is 0 Å². The summed E-state index contributed by atoms with van der Waals surface area (Å²) in [7, 11) is 0. The van der Waals surface area contributed by atoms with Crippen LogP contribution in [0.15, 0.2) is 89.0 Å². The zero-order chi connectivity index (χ0) is 42.2. The minimum Gasteiger partial charge on any atom is -0.435 e. The van der Waals surface area contributed by atoms with Crippen LogP contribution in [0.5, 0.6) is 0 Å². The molecule has 21 heteroatoms. The van der Waals surface area contributed by atoms with E-state index < -0.39 is 48.4 Å². The molecule has 3 aromatic carbocycles. The average Bonchev–Trinajstić information content (AvgIpc) is 3.95. The van der Waals surface area contributed by atoms with Gasteiger partial charge in [-0.2, -0.15) is 0 Å². The predicted octanol–water partition coefficient (Wildman–Crippen LogP) is 3.82. The maximum atomic E-state index is 12.2. The Kier molecular flexibility index (Phi) is 13.7. The second-order valence-corrected chi connectivity index (χ2v) is 13.4. The fraction of sp³-hybridized carbons (Fsp3) is 0.237. The lowest BCUT2D eigenvalue weighted by molar-refractivity contribution is -0.0511. The third kappa shape index (κ3) is 9.58. The first-order valence-electron chi connectivity index (χ1n) is 17.8. The molecule has 0 bridgehead atoms. The minimum atomic E-state index is -1.19. The van der Waals surface area contributed by atoms with E-state index in [9.17, 15) is 24.6 Å². The zero-order valence-electron chi connectivity index (χ0n) is 31.3. The number of nitrogen functional groups attached to an aromatic ring is 1. The Hall–Kier alpha value is -6.19. The molecular weight excluding hydrogens is 811 g/mol. The number of aromatic amines is 3. The van der Waals surface area contributed by atoms with E-state index in [2.05, 4.69) is 40.2 Å². The third-order valence-corrected chi connectivity index (χ3v) is 9.59. The fourth-order valence-electron chi connectivity index (χ4n) is 5.76. The Morgan fingerprint density at radius 3 is 2.46 bits per heavy atom. The molecular formula is C38H38Cl2N10O9. The van der Waals surface area contributed by atoms with Crippen molar-refractivity contribution in [1.29, 1.82) is 0 Å². The minimum absolute atomic E-state index is 0.0877. The number of aromatic nitrogens is 8. The summed E-state index contributed by atoms with van der Waals surface area (Å²) in [5.41, 5.74) is 9.16. The zero-order valence-corrected chi connectivity index (χ0v) is 32.8. The molecule has 19 nitrogen and oxygen atoms in total. The quantitative estimate of drug-likeness (QED) is 0.0582. The van der Waals surface area contributed by atoms with Crippen molar-refractivity contribution < 1.29 is 34.3 Å². The molecule has 8 rings (SSSR count). The van der Waals surface area contributed by atoms with Gasteiger partial charge >= 0.3 is 11.7 Å². The van der Waals surface area contributed by atoms with Crippen molar-refractivity contribution in [2.75, 3.05) is 31.1 Å². The molecule has 0 saturated carbocycles. The molecule has 1 saturated heterocycles. The summed E-state index contributed by atoms with van der Waals surface area (Å²) in [5, 5.41) is 32.8. The molecule has 0 spiro atoms. The number of ether oxygens (including phenoxy) is 3. The van der Waals surface area contributed by atoms with Crippen LogP contribution in [-0.4, -0.2) is 99.1 Å². The number of carbonyl (C=O) groups excluding carboxylic acids is 1. The Bertz CT molecular complexity index is 2670. The molecule has 1 fully saturated rings. The number of hydrogen-bond acceptors (Lipinski definition) is 15. The number of anilines is 3. The van der Waals surface area contributed by atoms with Crippen LogP contribution in [0.2, 0.25) is 10.0 Å². The Morgan fingerprint density at radius 2 is 1.73 bits per heavy atom. The Labute approximate surface area is 343 Å². The van der Waals surface area contributed by atoms with E-state index in [1.165, 1.54) is 17.2 Å². The van der Waals surface area contributed by atoms with Crippen LogP contribution in [-0.2, 0) is 14.2 Å². The van der Waals surface area contributed by atoms with Gasteiger partial charge in [-0.05, 0) is 37.6 Å². The first kappa shape index (κ1) is 42.4. The van der Waals surface area contributed by atoms with Crippen LogP contribution in [0.3, 0.4) is 0 Å². The van der Waals surface area contributed by atoms with Crippen molar-refractivity contribution in [2.24, 2.45) is 0 Å². The van der Waals surface area contributed by atoms with E-state index in [0.29, 0.717) is 50.6 Å². The van der Waals surface area contributed by atoms with Crippen molar-refractivity contribution in [1.82, 2.24) is 39.5 Å². The number of carbonyl (C=O) groups is 1. The molecule has 4 atom stereocenters. The van der Waals surface area contributed by atoms with E-state index in [1.54, 1.807) is 30.3 Å². The second kappa shape index (κ2) is 19.0. The van der Waals surface area contributed by atoms with E-state index in [-0.39, 0.29) is 23.8 Å². The smallest absolute Gasteiger partial charge is 0.342 e. The van der Waals surface area contributed by atoms with Crippen LogP contribution >= 0.6 is 23.2 Å². The number of H-pyrrole nitrogens is 3. The van der Waals surface area contributed by atoms with Gasteiger partial charge in [-0.25, -0.2) is 29.5 Å². The molecule has 1 aliphatic heterocycles. The molecule has 4 aromatic heterocycles. The van der Waals surface area contributed by atoms with Crippen LogP contribution in [0.1, 0.15) is 29.1 Å². The number of aryl methyl sites for hydroxylation is 1. The number of imidazole rings is 2. The normalized spacial score (nSPS) is 17.2. The molecule has 308 valence electrons. The van der Waals surface area contributed by atoms with Crippen molar-refractivity contribution >= 4 is 68.7 Å². The highest BCUT2D eigenvalue weighted by Gasteiger charge is 2.44. The van der Waals surface area contributed by atoms with Crippen molar-refractivity contribution in [3.05, 3.63) is 121 Å². The van der Waals surface area contributed by atoms with Crippen LogP contribution in [0.4, 0.5) is 17.2 Å². The molecule has 59 heavy (non-hydrogen) atoms. The van der Waals surface area contributed by atoms with Gasteiger partial charge in [-0.15, -0.1) is 0 Å². The number of benzene rings is 3. The number of nitrogens with zero attached hydrogens (tertiary/aromatic N) is 5. The topological polar surface area (TPSA) is 282 Å². The third-order valence-electron chi connectivity index (χ3n) is 8.78. The Balaban J connectivity index is 0.000000150. The van der Waals surface area contributed by atoms with Gasteiger partial charge in [0.15, 0.2) is 30.1 Å². The number of halogens is 2. The summed E-state index contributed by atoms with van der Waals surface area (Å²) in [6.45, 7) is 3.70. The van der Waals surface area contributed by atoms with Gasteiger partial charge in [0.05, 0.1) is 39.9 Å². The van der Waals surface area contributed by atoms with Crippen LogP contribution < -0.4 is 22.3 Å². The lowest BCUT2D eigenvalue weighted by Crippen LogP contribution is -2.33. The molecule has 0 amide bonds. The maximum Gasteiger partial charge on any atom is 0.342 e. The summed E-state index contributed by atoms with van der Waals surface area (Å²) >= 11 is 12.5. The van der Waals surface area contributed by atoms with Crippen molar-refractivity contribution in [3.8, 4) is 11.4 Å². The maximum absolute atomic E-state index is 12.2. The first-order valence-corrected chi connectivity index (χ1v) is 18.6. The van der Waals surface area contributed by atoms with Gasteiger partial charge in [0.2, 0.25) is 0 Å². The van der Waals surface area contributed by atoms with E-state index in [0.717, 1.165) is 11.1 Å². The SMILES string of the molecule is CCOCOC(=O)c1ccccc1Nc1c(Cl)ccc(C)c1Cl.Nc1ncnc2c1ncn2[C@@H]1O[C@H](CO)[C@@H](O)[C@H]1O.O=c1[nH]c(=O)c2[nH]c(-c3ccccc3)nc2[nH]1. The van der Waals surface area contributed by atoms with Gasteiger partial charge in [-0.3, -0.25) is 19.3 Å². The van der Waals surface area contributed by atoms with Gasteiger partial charge in [0.1, 0.15) is 41.5 Å². The number of fused-ring (bicyclic) bond motifs is 2. The van der Waals surface area contributed by atoms with E-state index in [4.69, 9.17) is 48.3 Å². The first-order chi connectivity index (χ1) is 28.4. The van der Waals surface area contributed by atoms with Crippen LogP contribution in [0, 0.1) is 6.92 Å². The monoisotopic (exact) mass is 848 g/mol. The summed E-state index contributed by atoms with van der Waals surface area (Å²) < 4.78 is 17.0. The predicted molar refractivity (Wildman–Crippen MR) is 218 cm³/mol. The number of para-hydroxylation sites is 1. The van der Waals surface area contributed by atoms with Gasteiger partial charge in [0, 0.05) is 12.2 Å². The molecule has 9 N–H and O–H groups in total. The highest BCUT2D eigenvalue weighted by molar-refractivity contribution is 6.39. The summed E-state index contributed by atoms with van der Waals surface area (Å²) in [6, 6.07) is 19.9. The highest BCUT2D eigenvalue weighted by Crippen LogP contribution is 2.36. The van der Waals surface area contributed by atoms with E-state index in [1.807, 2.05) is 50.2 Å². The molecule has 0 unspecified atom stereocenters. The van der Waals surface area contributed by atoms with Crippen molar-refractivity contribution in [2.45, 2.75) is 38.4 Å². The number of aliphatic hydroxyl groups excluding tert-OH is 3. The molecule has 0 aliphatic carbocycles. The highest BCUT2D eigenvalue weighted by atomic mass is 35.5. The van der Waals surface area contributed by atoms with Gasteiger partial charge in [0.25, 0.3) is 5.56 Å². The standard InChI is InChI=1S/C17H17Cl2NO3.C11H8N4O2.C10H13N5O4/c1-3-22-10-23-17(21)12-6-4-5-7-14(12)20-16-13(18)9-8-11(2)15(16)19;16-10-7-9(14-11(17)15-10)13-8(12-7)6-4-2-1-3-5-6;11-8-5-9(13-2-12-8)15(3-14-5)10-7(18)6(17)4(1-16)19-10/h4-9,20H,3,10H2,1-2H3;1-5H,(H3,12,13,14,15,16,17);2-4,6-7,10,16-18H,1H2,(H2,11,12,13)/t;;4-,6-,7-,10-/m..1/s1. The summed E-state index contributed by atoms with van der Waals surface area (Å²) in [6.07, 6.45) is -1.42. The summed E-state index contributed by atoms with van der Waals surface area (Å²) in [4.78, 5) is 58.3. The summed E-state index contributed by atoms with van der Waals surface area (Å²) in [5.74, 6) is 0.282. The fourth-order valence-corrected chi connectivity index (χ4v) is 6.23. The lowest BCUT2D eigenvalue weighted by Gasteiger charge is -2.16. The molecule has 7 aromatic rings. The molecule has 5 heterocycles. The van der Waals surface area contributed by atoms with Crippen LogP contribution in [0.25, 0.3) is 33.7 Å². The van der Waals surface area contributed by atoms with Gasteiger partial charge < -0.3 is 45.6 Å². The second-order valence-electron chi connectivity index (χ2n) is 12.7. The molecule has 0 radical (unpaired) electrons. The number of nitrogens with two attached hydrogens (primary N) is 1. The number of aliphatic hydroxyl groups is 3. The number of hydrogen-bond donors (Lipinski definition) is 8. The number of nitrogens with one attached hydrogen (secondary N) is 4. The number of esters is 1. The van der Waals surface area contributed by atoms with Crippen molar-refractivity contribution in [3.63, 3.8) is 0 Å². The largest absolute Gasteiger partial charge is 0.435 e. The van der Waals surface area contributed by atoms with Gasteiger partial charge in [-0.1, -0.05) is 71.7 Å². The lowest BCUT2D eigenvalue weighted by atomic mass is 10.1. The Morgan fingerprint density at radius 1 is 0.983 bits per heavy atom. The average molecular weight is 850 g/mol. The molecule has 1 aliphatic rings. The number of rotatable bonds is 9.